The molecule has 1 amide bonds. The summed E-state index contributed by atoms with van der Waals surface area (Å²) < 4.78 is 0. The molecule has 0 aliphatic heterocycles. The number of halogens is 1. The Morgan fingerprint density at radius 1 is 1.11 bits per heavy atom. The molecule has 0 saturated carbocycles. The predicted molar refractivity (Wildman–Crippen MR) is 114 cm³/mol. The first-order chi connectivity index (χ1) is 13.4. The average Bonchev–Trinajstić information content (AvgIpc) is 2.70. The molecule has 2 aromatic carbocycles. The highest BCUT2D eigenvalue weighted by Crippen LogP contribution is 2.15. The first-order valence-electron chi connectivity index (χ1n) is 9.17. The lowest BCUT2D eigenvalue weighted by Gasteiger charge is -2.15. The summed E-state index contributed by atoms with van der Waals surface area (Å²) in [5.41, 5.74) is 2.42. The second-order valence-corrected chi connectivity index (χ2v) is 6.98. The zero-order chi connectivity index (χ0) is 20.5. The maximum absolute atomic E-state index is 11.9. The van der Waals surface area contributed by atoms with Crippen molar-refractivity contribution in [2.75, 3.05) is 27.2 Å². The van der Waals surface area contributed by atoms with Crippen LogP contribution in [0.15, 0.2) is 53.5 Å². The number of rotatable bonds is 7. The molecule has 150 valence electrons. The first-order valence-corrected chi connectivity index (χ1v) is 9.54. The fraction of sp³-hybridized carbons (Fsp3) is 0.333. The second-order valence-electron chi connectivity index (χ2n) is 6.54. The summed E-state index contributed by atoms with van der Waals surface area (Å²) in [4.78, 5) is 18.0. The highest BCUT2D eigenvalue weighted by Gasteiger charge is 2.09. The van der Waals surface area contributed by atoms with Crippen LogP contribution < -0.4 is 10.6 Å². The molecule has 0 radical (unpaired) electrons. The van der Waals surface area contributed by atoms with Gasteiger partial charge in [0.25, 0.3) is 5.91 Å². The minimum absolute atomic E-state index is 0.0266. The van der Waals surface area contributed by atoms with E-state index in [-0.39, 0.29) is 5.91 Å². The normalized spacial score (nSPS) is 12.4. The Kier molecular flexibility index (Phi) is 8.29. The number of nitrogens with one attached hydrogen (secondary N) is 2. The molecule has 0 aliphatic rings. The summed E-state index contributed by atoms with van der Waals surface area (Å²) in [5, 5.41) is 17.3. The molecule has 2 rings (SSSR count). The van der Waals surface area contributed by atoms with E-state index in [1.54, 1.807) is 55.4 Å². The molecule has 0 saturated heterocycles. The van der Waals surface area contributed by atoms with Crippen molar-refractivity contribution in [3.63, 3.8) is 0 Å². The number of carbonyl (C=O) groups is 1. The Balaban J connectivity index is 1.96. The van der Waals surface area contributed by atoms with Gasteiger partial charge in [0.05, 0.1) is 12.6 Å². The topological polar surface area (TPSA) is 77.0 Å². The van der Waals surface area contributed by atoms with Crippen molar-refractivity contribution in [2.45, 2.75) is 19.6 Å². The van der Waals surface area contributed by atoms with E-state index >= 15 is 0 Å². The number of hydrogen-bond donors (Lipinski definition) is 3. The van der Waals surface area contributed by atoms with Gasteiger partial charge in [0.1, 0.15) is 0 Å². The molecule has 3 N–H and O–H groups in total. The monoisotopic (exact) mass is 402 g/mol. The smallest absolute Gasteiger partial charge is 0.253 e. The van der Waals surface area contributed by atoms with Gasteiger partial charge in [-0.15, -0.1) is 0 Å². The van der Waals surface area contributed by atoms with Gasteiger partial charge in [0, 0.05) is 37.8 Å². The second kappa shape index (κ2) is 10.7. The van der Waals surface area contributed by atoms with Crippen LogP contribution in [-0.2, 0) is 6.54 Å². The Morgan fingerprint density at radius 2 is 1.75 bits per heavy atom. The van der Waals surface area contributed by atoms with Crippen LogP contribution >= 0.6 is 11.6 Å². The van der Waals surface area contributed by atoms with Crippen LogP contribution in [0, 0.1) is 0 Å². The molecule has 28 heavy (non-hydrogen) atoms. The third-order valence-corrected chi connectivity index (χ3v) is 4.34. The van der Waals surface area contributed by atoms with E-state index < -0.39 is 6.10 Å². The van der Waals surface area contributed by atoms with E-state index in [1.165, 1.54) is 0 Å². The van der Waals surface area contributed by atoms with Crippen molar-refractivity contribution in [3.8, 4) is 0 Å². The van der Waals surface area contributed by atoms with Gasteiger partial charge in [0.15, 0.2) is 5.96 Å². The summed E-state index contributed by atoms with van der Waals surface area (Å²) in [6, 6.07) is 14.5. The highest BCUT2D eigenvalue weighted by molar-refractivity contribution is 6.30. The van der Waals surface area contributed by atoms with Crippen molar-refractivity contribution in [1.82, 2.24) is 15.5 Å². The largest absolute Gasteiger partial charge is 0.387 e. The Bertz CT molecular complexity index is 789. The molecule has 0 spiro atoms. The molecule has 1 atom stereocenters. The number of carbonyl (C=O) groups excluding carboxylic acids is 1. The van der Waals surface area contributed by atoms with Crippen LogP contribution in [0.1, 0.15) is 34.5 Å². The SMILES string of the molecule is CCNC(=NCc1ccc(C(=O)N(C)C)cc1)NCC(O)c1ccc(Cl)cc1. The van der Waals surface area contributed by atoms with Gasteiger partial charge >= 0.3 is 0 Å². The summed E-state index contributed by atoms with van der Waals surface area (Å²) >= 11 is 5.88. The summed E-state index contributed by atoms with van der Waals surface area (Å²) in [6.07, 6.45) is -0.669. The molecule has 6 nitrogen and oxygen atoms in total. The van der Waals surface area contributed by atoms with E-state index in [4.69, 9.17) is 11.6 Å². The van der Waals surface area contributed by atoms with Crippen LogP contribution in [0.5, 0.6) is 0 Å². The number of nitrogens with zero attached hydrogens (tertiary/aromatic N) is 2. The van der Waals surface area contributed by atoms with E-state index in [1.807, 2.05) is 19.1 Å². The average molecular weight is 403 g/mol. The number of guanidine groups is 1. The molecule has 7 heteroatoms. The van der Waals surface area contributed by atoms with E-state index in [0.29, 0.717) is 36.2 Å². The zero-order valence-corrected chi connectivity index (χ0v) is 17.2. The minimum Gasteiger partial charge on any atom is -0.387 e. The molecule has 0 fully saturated rings. The number of aliphatic hydroxyl groups excluding tert-OH is 1. The summed E-state index contributed by atoms with van der Waals surface area (Å²) in [7, 11) is 3.46. The fourth-order valence-corrected chi connectivity index (χ4v) is 2.65. The van der Waals surface area contributed by atoms with Gasteiger partial charge in [-0.25, -0.2) is 4.99 Å². The fourth-order valence-electron chi connectivity index (χ4n) is 2.52. The lowest BCUT2D eigenvalue weighted by molar-refractivity contribution is 0.0827. The Labute approximate surface area is 171 Å². The molecule has 0 aromatic heterocycles. The van der Waals surface area contributed by atoms with Crippen LogP contribution in [0.4, 0.5) is 0 Å². The van der Waals surface area contributed by atoms with Crippen LogP contribution in [0.25, 0.3) is 0 Å². The maximum atomic E-state index is 11.9. The van der Waals surface area contributed by atoms with Crippen molar-refractivity contribution in [2.24, 2.45) is 4.99 Å². The van der Waals surface area contributed by atoms with Crippen molar-refractivity contribution < 1.29 is 9.90 Å². The lowest BCUT2D eigenvalue weighted by atomic mass is 10.1. The van der Waals surface area contributed by atoms with Gasteiger partial charge in [-0.2, -0.15) is 0 Å². The first kappa shape index (κ1) is 21.7. The third-order valence-electron chi connectivity index (χ3n) is 4.09. The molecule has 2 aromatic rings. The highest BCUT2D eigenvalue weighted by atomic mass is 35.5. The van der Waals surface area contributed by atoms with Crippen LogP contribution in [0.3, 0.4) is 0 Å². The maximum Gasteiger partial charge on any atom is 0.253 e. The number of aliphatic hydroxyl groups is 1. The van der Waals surface area contributed by atoms with Crippen LogP contribution in [0.2, 0.25) is 5.02 Å². The zero-order valence-electron chi connectivity index (χ0n) is 16.4. The molecule has 0 heterocycles. The van der Waals surface area contributed by atoms with E-state index in [2.05, 4.69) is 15.6 Å². The quantitative estimate of drug-likeness (QED) is 0.491. The van der Waals surface area contributed by atoms with Crippen molar-refractivity contribution >= 4 is 23.5 Å². The molecule has 0 aliphatic carbocycles. The summed E-state index contributed by atoms with van der Waals surface area (Å²) in [6.45, 7) is 3.47. The molecular weight excluding hydrogens is 376 g/mol. The molecule has 0 bridgehead atoms. The summed E-state index contributed by atoms with van der Waals surface area (Å²) in [5.74, 6) is 0.588. The van der Waals surface area contributed by atoms with Crippen molar-refractivity contribution in [1.29, 1.82) is 0 Å². The predicted octanol–water partition coefficient (Wildman–Crippen LogP) is 2.83. The number of amides is 1. The third kappa shape index (κ3) is 6.55. The number of aliphatic imine (C=N–C) groups is 1. The standard InChI is InChI=1S/C21H27ClN4O2/c1-4-23-21(25-14-19(27)16-9-11-18(22)12-10-16)24-13-15-5-7-17(8-6-15)20(28)26(2)3/h5-12,19,27H,4,13-14H2,1-3H3,(H2,23,24,25). The van der Waals surface area contributed by atoms with Gasteiger partial charge in [-0.05, 0) is 42.3 Å². The Morgan fingerprint density at radius 3 is 2.32 bits per heavy atom. The van der Waals surface area contributed by atoms with Gasteiger partial charge < -0.3 is 20.6 Å². The van der Waals surface area contributed by atoms with Crippen molar-refractivity contribution in [3.05, 3.63) is 70.2 Å². The number of benzene rings is 2. The van der Waals surface area contributed by atoms with Crippen LogP contribution in [-0.4, -0.2) is 49.1 Å². The Hall–Kier alpha value is -2.57. The van der Waals surface area contributed by atoms with E-state index in [0.717, 1.165) is 11.1 Å². The van der Waals surface area contributed by atoms with Gasteiger partial charge in [0.2, 0.25) is 0 Å². The number of hydrogen-bond acceptors (Lipinski definition) is 3. The molecule has 1 unspecified atom stereocenters. The lowest BCUT2D eigenvalue weighted by Crippen LogP contribution is -2.39. The van der Waals surface area contributed by atoms with Gasteiger partial charge in [-0.1, -0.05) is 35.9 Å². The van der Waals surface area contributed by atoms with Gasteiger partial charge in [-0.3, -0.25) is 4.79 Å². The van der Waals surface area contributed by atoms with E-state index in [9.17, 15) is 9.90 Å². The minimum atomic E-state index is -0.669. The molecular formula is C21H27ClN4O2.